The van der Waals surface area contributed by atoms with Gasteiger partial charge in [0.1, 0.15) is 6.10 Å². The number of aromatic nitrogens is 2. The molecule has 94 valence electrons. The lowest BCUT2D eigenvalue weighted by Crippen LogP contribution is -2.35. The van der Waals surface area contributed by atoms with Crippen LogP contribution in [0.1, 0.15) is 32.4 Å². The van der Waals surface area contributed by atoms with E-state index in [-0.39, 0.29) is 24.9 Å². The largest absolute Gasteiger partial charge is 0.473 e. The van der Waals surface area contributed by atoms with Gasteiger partial charge in [-0.05, 0) is 13.8 Å². The third-order valence-corrected chi connectivity index (χ3v) is 2.77. The van der Waals surface area contributed by atoms with Crippen LogP contribution in [0.5, 0.6) is 5.88 Å². The molecule has 2 heterocycles. The second-order valence-corrected chi connectivity index (χ2v) is 4.48. The van der Waals surface area contributed by atoms with Crippen LogP contribution < -0.4 is 4.74 Å². The Bertz CT molecular complexity index is 363. The van der Waals surface area contributed by atoms with Gasteiger partial charge in [0.2, 0.25) is 5.88 Å². The zero-order chi connectivity index (χ0) is 12.3. The Morgan fingerprint density at radius 3 is 2.71 bits per heavy atom. The van der Waals surface area contributed by atoms with Crippen molar-refractivity contribution in [3.8, 4) is 5.88 Å². The van der Waals surface area contributed by atoms with Gasteiger partial charge in [0, 0.05) is 12.8 Å². The molecular weight excluding hydrogens is 220 g/mol. The molecule has 0 bridgehead atoms. The molecule has 1 aliphatic heterocycles. The van der Waals surface area contributed by atoms with Gasteiger partial charge in [-0.1, -0.05) is 0 Å². The van der Waals surface area contributed by atoms with E-state index in [0.717, 1.165) is 12.8 Å². The average molecular weight is 238 g/mol. The number of ether oxygens (including phenoxy) is 2. The van der Waals surface area contributed by atoms with Gasteiger partial charge < -0.3 is 14.6 Å². The number of aliphatic hydroxyl groups is 1. The topological polar surface area (TPSA) is 64.5 Å². The summed E-state index contributed by atoms with van der Waals surface area (Å²) in [6.07, 6.45) is 5.34. The van der Waals surface area contributed by atoms with Crippen molar-refractivity contribution in [2.45, 2.75) is 51.6 Å². The zero-order valence-electron chi connectivity index (χ0n) is 10.2. The first-order valence-electron chi connectivity index (χ1n) is 5.91. The fourth-order valence-corrected chi connectivity index (χ4v) is 2.13. The van der Waals surface area contributed by atoms with Crippen LogP contribution in [0.4, 0.5) is 0 Å². The third-order valence-electron chi connectivity index (χ3n) is 2.77. The lowest BCUT2D eigenvalue weighted by Gasteiger charge is -2.31. The molecule has 1 fully saturated rings. The SMILES string of the molecule is CC1CC(Oc2cncc(CO)n2)CC(C)O1. The van der Waals surface area contributed by atoms with Crippen LogP contribution in [0.15, 0.2) is 12.4 Å². The Morgan fingerprint density at radius 2 is 2.06 bits per heavy atom. The number of aliphatic hydroxyl groups excluding tert-OH is 1. The molecule has 1 aliphatic rings. The summed E-state index contributed by atoms with van der Waals surface area (Å²) in [6, 6.07) is 0. The smallest absolute Gasteiger partial charge is 0.232 e. The molecule has 0 aromatic carbocycles. The highest BCUT2D eigenvalue weighted by molar-refractivity contribution is 5.08. The van der Waals surface area contributed by atoms with Crippen molar-refractivity contribution >= 4 is 0 Å². The Hall–Kier alpha value is -1.20. The molecule has 2 unspecified atom stereocenters. The standard InChI is InChI=1S/C12H18N2O3/c1-8-3-11(4-9(2)16-8)17-12-6-13-5-10(7-15)14-12/h5-6,8-9,11,15H,3-4,7H2,1-2H3. The van der Waals surface area contributed by atoms with Crippen molar-refractivity contribution in [2.24, 2.45) is 0 Å². The average Bonchev–Trinajstić information content (AvgIpc) is 2.28. The van der Waals surface area contributed by atoms with Gasteiger partial charge in [-0.15, -0.1) is 0 Å². The van der Waals surface area contributed by atoms with Crippen LogP contribution in [0.25, 0.3) is 0 Å². The Morgan fingerprint density at radius 1 is 1.35 bits per heavy atom. The van der Waals surface area contributed by atoms with E-state index in [2.05, 4.69) is 9.97 Å². The molecule has 5 heteroatoms. The Balaban J connectivity index is 1.99. The van der Waals surface area contributed by atoms with Gasteiger partial charge >= 0.3 is 0 Å². The summed E-state index contributed by atoms with van der Waals surface area (Å²) in [5, 5.41) is 8.97. The van der Waals surface area contributed by atoms with Crippen LogP contribution in [0.2, 0.25) is 0 Å². The first-order chi connectivity index (χ1) is 8.17. The molecule has 0 saturated carbocycles. The number of hydrogen-bond acceptors (Lipinski definition) is 5. The van der Waals surface area contributed by atoms with Crippen molar-refractivity contribution in [1.82, 2.24) is 9.97 Å². The molecule has 0 spiro atoms. The summed E-state index contributed by atoms with van der Waals surface area (Å²) in [7, 11) is 0. The van der Waals surface area contributed by atoms with Crippen LogP contribution in [-0.2, 0) is 11.3 Å². The maximum Gasteiger partial charge on any atom is 0.232 e. The quantitative estimate of drug-likeness (QED) is 0.860. The number of rotatable bonds is 3. The second-order valence-electron chi connectivity index (χ2n) is 4.48. The Kier molecular flexibility index (Phi) is 3.91. The molecule has 2 rings (SSSR count). The minimum absolute atomic E-state index is 0.108. The molecule has 0 amide bonds. The summed E-state index contributed by atoms with van der Waals surface area (Å²) in [5.41, 5.74) is 0.524. The van der Waals surface area contributed by atoms with Crippen LogP contribution in [0.3, 0.4) is 0 Å². The van der Waals surface area contributed by atoms with Crippen molar-refractivity contribution in [3.63, 3.8) is 0 Å². The summed E-state index contributed by atoms with van der Waals surface area (Å²) >= 11 is 0. The molecule has 17 heavy (non-hydrogen) atoms. The highest BCUT2D eigenvalue weighted by Crippen LogP contribution is 2.22. The molecule has 1 aromatic heterocycles. The van der Waals surface area contributed by atoms with Crippen molar-refractivity contribution < 1.29 is 14.6 Å². The van der Waals surface area contributed by atoms with E-state index in [4.69, 9.17) is 14.6 Å². The van der Waals surface area contributed by atoms with E-state index in [0.29, 0.717) is 11.6 Å². The predicted molar refractivity (Wildman–Crippen MR) is 61.6 cm³/mol. The molecule has 0 radical (unpaired) electrons. The van der Waals surface area contributed by atoms with Crippen molar-refractivity contribution in [3.05, 3.63) is 18.1 Å². The summed E-state index contributed by atoms with van der Waals surface area (Å²) < 4.78 is 11.4. The predicted octanol–water partition coefficient (Wildman–Crippen LogP) is 1.30. The first kappa shape index (κ1) is 12.3. The Labute approximate surface area is 101 Å². The fraction of sp³-hybridized carbons (Fsp3) is 0.667. The van der Waals surface area contributed by atoms with Gasteiger partial charge in [0.15, 0.2) is 0 Å². The zero-order valence-corrected chi connectivity index (χ0v) is 10.2. The summed E-state index contributed by atoms with van der Waals surface area (Å²) in [6.45, 7) is 3.97. The highest BCUT2D eigenvalue weighted by Gasteiger charge is 2.26. The number of nitrogens with zero attached hydrogens (tertiary/aromatic N) is 2. The minimum atomic E-state index is -0.120. The number of hydrogen-bond donors (Lipinski definition) is 1. The maximum absolute atomic E-state index is 8.97. The molecule has 1 aromatic rings. The van der Waals surface area contributed by atoms with Gasteiger partial charge in [0.05, 0.1) is 36.9 Å². The van der Waals surface area contributed by atoms with Crippen LogP contribution in [-0.4, -0.2) is 33.4 Å². The van der Waals surface area contributed by atoms with E-state index < -0.39 is 0 Å². The lowest BCUT2D eigenvalue weighted by atomic mass is 10.0. The van der Waals surface area contributed by atoms with Gasteiger partial charge in [-0.25, -0.2) is 4.98 Å². The monoisotopic (exact) mass is 238 g/mol. The summed E-state index contributed by atoms with van der Waals surface area (Å²) in [4.78, 5) is 8.14. The maximum atomic E-state index is 8.97. The van der Waals surface area contributed by atoms with E-state index in [1.165, 1.54) is 6.20 Å². The molecule has 2 atom stereocenters. The van der Waals surface area contributed by atoms with E-state index in [1.807, 2.05) is 13.8 Å². The van der Waals surface area contributed by atoms with E-state index in [9.17, 15) is 0 Å². The van der Waals surface area contributed by atoms with Gasteiger partial charge in [-0.3, -0.25) is 4.98 Å². The molecule has 1 N–H and O–H groups in total. The third kappa shape index (κ3) is 3.38. The van der Waals surface area contributed by atoms with Crippen LogP contribution in [0, 0.1) is 0 Å². The molecule has 5 nitrogen and oxygen atoms in total. The van der Waals surface area contributed by atoms with Gasteiger partial charge in [-0.2, -0.15) is 0 Å². The highest BCUT2D eigenvalue weighted by atomic mass is 16.5. The normalized spacial score (nSPS) is 29.0. The van der Waals surface area contributed by atoms with Gasteiger partial charge in [0.25, 0.3) is 0 Å². The fourth-order valence-electron chi connectivity index (χ4n) is 2.13. The molecule has 1 saturated heterocycles. The van der Waals surface area contributed by atoms with Crippen LogP contribution >= 0.6 is 0 Å². The van der Waals surface area contributed by atoms with Crippen molar-refractivity contribution in [2.75, 3.05) is 0 Å². The molecule has 0 aliphatic carbocycles. The molecular formula is C12H18N2O3. The minimum Gasteiger partial charge on any atom is -0.473 e. The first-order valence-corrected chi connectivity index (χ1v) is 5.91. The second kappa shape index (κ2) is 5.42. The van der Waals surface area contributed by atoms with Crippen molar-refractivity contribution in [1.29, 1.82) is 0 Å². The van der Waals surface area contributed by atoms with E-state index >= 15 is 0 Å². The van der Waals surface area contributed by atoms with E-state index in [1.54, 1.807) is 6.20 Å². The summed E-state index contributed by atoms with van der Waals surface area (Å²) in [5.74, 6) is 0.475. The lowest BCUT2D eigenvalue weighted by molar-refractivity contribution is -0.0731.